The summed E-state index contributed by atoms with van der Waals surface area (Å²) in [5.74, 6) is 0. The number of alkyl halides is 1. The second-order valence-electron chi connectivity index (χ2n) is 3.08. The van der Waals surface area contributed by atoms with Crippen LogP contribution in [0.5, 0.6) is 0 Å². The molecule has 3 heteroatoms. The number of aryl methyl sites for hydroxylation is 2. The van der Waals surface area contributed by atoms with E-state index in [0.29, 0.717) is 0 Å². The van der Waals surface area contributed by atoms with Crippen LogP contribution in [0.3, 0.4) is 0 Å². The molecule has 0 spiro atoms. The highest BCUT2D eigenvalue weighted by Crippen LogP contribution is 2.28. The molecular formula is C9H15ClN2. The molecule has 68 valence electrons. The van der Waals surface area contributed by atoms with Gasteiger partial charge in [0.15, 0.2) is 0 Å². The lowest BCUT2D eigenvalue weighted by atomic mass is 10.1. The zero-order valence-corrected chi connectivity index (χ0v) is 8.81. The van der Waals surface area contributed by atoms with Crippen LogP contribution in [0.25, 0.3) is 0 Å². The van der Waals surface area contributed by atoms with Gasteiger partial charge in [-0.1, -0.05) is 6.92 Å². The Balaban J connectivity index is 3.13. The maximum absolute atomic E-state index is 6.16. The molecule has 0 fully saturated rings. The van der Waals surface area contributed by atoms with E-state index in [9.17, 15) is 0 Å². The minimum absolute atomic E-state index is 0.110. The molecule has 0 aromatic carbocycles. The molecule has 0 radical (unpaired) electrons. The van der Waals surface area contributed by atoms with Gasteiger partial charge in [0.2, 0.25) is 0 Å². The molecule has 0 amide bonds. The van der Waals surface area contributed by atoms with Gasteiger partial charge in [-0.25, -0.2) is 0 Å². The molecule has 0 aliphatic rings. The van der Waals surface area contributed by atoms with E-state index in [4.69, 9.17) is 11.6 Å². The Bertz CT molecular complexity index is 278. The molecule has 1 atom stereocenters. The molecule has 1 aromatic heterocycles. The molecule has 2 nitrogen and oxygen atoms in total. The Labute approximate surface area is 78.5 Å². The minimum atomic E-state index is 0.110. The highest BCUT2D eigenvalue weighted by Gasteiger charge is 2.15. The molecular weight excluding hydrogens is 172 g/mol. The van der Waals surface area contributed by atoms with Crippen LogP contribution in [0.4, 0.5) is 0 Å². The summed E-state index contributed by atoms with van der Waals surface area (Å²) in [5, 5.41) is 4.42. The second kappa shape index (κ2) is 3.48. The average Bonchev–Trinajstić information content (AvgIpc) is 2.26. The van der Waals surface area contributed by atoms with Crippen molar-refractivity contribution in [2.24, 2.45) is 7.05 Å². The highest BCUT2D eigenvalue weighted by molar-refractivity contribution is 6.20. The molecule has 0 saturated carbocycles. The summed E-state index contributed by atoms with van der Waals surface area (Å²) in [5.41, 5.74) is 3.42. The maximum atomic E-state index is 6.16. The Hall–Kier alpha value is -0.500. The fraction of sp³-hybridized carbons (Fsp3) is 0.667. The smallest absolute Gasteiger partial charge is 0.0643 e. The second-order valence-corrected chi connectivity index (χ2v) is 3.61. The fourth-order valence-corrected chi connectivity index (χ4v) is 1.76. The van der Waals surface area contributed by atoms with Crippen molar-refractivity contribution in [2.45, 2.75) is 32.6 Å². The molecule has 1 unspecified atom stereocenters. The lowest BCUT2D eigenvalue weighted by Gasteiger charge is -2.06. The number of aromatic nitrogens is 2. The van der Waals surface area contributed by atoms with E-state index in [1.165, 1.54) is 11.3 Å². The Morgan fingerprint density at radius 3 is 2.42 bits per heavy atom. The monoisotopic (exact) mass is 186 g/mol. The van der Waals surface area contributed by atoms with Crippen molar-refractivity contribution in [1.82, 2.24) is 9.78 Å². The summed E-state index contributed by atoms with van der Waals surface area (Å²) in [6, 6.07) is 0. The van der Waals surface area contributed by atoms with E-state index in [-0.39, 0.29) is 5.38 Å². The SMILES string of the molecule is CCC(Cl)c1c(C)nn(C)c1C. The van der Waals surface area contributed by atoms with Crippen molar-refractivity contribution in [3.63, 3.8) is 0 Å². The van der Waals surface area contributed by atoms with E-state index in [2.05, 4.69) is 18.9 Å². The molecule has 12 heavy (non-hydrogen) atoms. The van der Waals surface area contributed by atoms with Gasteiger partial charge in [0.1, 0.15) is 0 Å². The van der Waals surface area contributed by atoms with Gasteiger partial charge in [-0.2, -0.15) is 5.10 Å². The summed E-state index contributed by atoms with van der Waals surface area (Å²) < 4.78 is 1.88. The van der Waals surface area contributed by atoms with Gasteiger partial charge in [-0.3, -0.25) is 4.68 Å². The van der Waals surface area contributed by atoms with E-state index >= 15 is 0 Å². The van der Waals surface area contributed by atoms with Crippen LogP contribution >= 0.6 is 11.6 Å². The number of halogens is 1. The van der Waals surface area contributed by atoms with Gasteiger partial charge in [0.05, 0.1) is 11.1 Å². The third-order valence-corrected chi connectivity index (χ3v) is 2.76. The van der Waals surface area contributed by atoms with Gasteiger partial charge >= 0.3 is 0 Å². The maximum Gasteiger partial charge on any atom is 0.0643 e. The van der Waals surface area contributed by atoms with Crippen molar-refractivity contribution in [1.29, 1.82) is 0 Å². The first-order valence-electron chi connectivity index (χ1n) is 4.22. The Morgan fingerprint density at radius 1 is 1.50 bits per heavy atom. The third-order valence-electron chi connectivity index (χ3n) is 2.24. The minimum Gasteiger partial charge on any atom is -0.272 e. The molecule has 0 aliphatic heterocycles. The summed E-state index contributed by atoms with van der Waals surface area (Å²) in [7, 11) is 1.95. The van der Waals surface area contributed by atoms with Crippen LogP contribution in [-0.2, 0) is 7.05 Å². The van der Waals surface area contributed by atoms with Crippen LogP contribution in [0, 0.1) is 13.8 Å². The molecule has 0 N–H and O–H groups in total. The molecule has 0 bridgehead atoms. The summed E-state index contributed by atoms with van der Waals surface area (Å²) in [6.07, 6.45) is 0.953. The molecule has 1 aromatic rings. The number of nitrogens with zero attached hydrogens (tertiary/aromatic N) is 2. The number of rotatable bonds is 2. The largest absolute Gasteiger partial charge is 0.272 e. The van der Waals surface area contributed by atoms with Gasteiger partial charge in [-0.05, 0) is 20.3 Å². The van der Waals surface area contributed by atoms with E-state index in [1.807, 2.05) is 18.7 Å². The standard InChI is InChI=1S/C9H15ClN2/c1-5-8(10)9-6(2)11-12(4)7(9)3/h8H,5H2,1-4H3. The Morgan fingerprint density at radius 2 is 2.08 bits per heavy atom. The zero-order chi connectivity index (χ0) is 9.30. The third kappa shape index (κ3) is 1.48. The fourth-order valence-electron chi connectivity index (χ4n) is 1.45. The first kappa shape index (κ1) is 9.59. The predicted octanol–water partition coefficient (Wildman–Crippen LogP) is 2.73. The first-order chi connectivity index (χ1) is 5.57. The van der Waals surface area contributed by atoms with Gasteiger partial charge in [-0.15, -0.1) is 11.6 Å². The summed E-state index contributed by atoms with van der Waals surface area (Å²) in [6.45, 7) is 6.15. The summed E-state index contributed by atoms with van der Waals surface area (Å²) in [4.78, 5) is 0. The van der Waals surface area contributed by atoms with Crippen LogP contribution in [0.15, 0.2) is 0 Å². The number of hydrogen-bond acceptors (Lipinski definition) is 1. The molecule has 1 heterocycles. The van der Waals surface area contributed by atoms with Crippen LogP contribution in [0.1, 0.15) is 35.7 Å². The van der Waals surface area contributed by atoms with Crippen LogP contribution in [0.2, 0.25) is 0 Å². The van der Waals surface area contributed by atoms with E-state index in [0.717, 1.165) is 12.1 Å². The van der Waals surface area contributed by atoms with Crippen molar-refractivity contribution < 1.29 is 0 Å². The van der Waals surface area contributed by atoms with E-state index in [1.54, 1.807) is 0 Å². The van der Waals surface area contributed by atoms with Crippen LogP contribution < -0.4 is 0 Å². The topological polar surface area (TPSA) is 17.8 Å². The van der Waals surface area contributed by atoms with Crippen molar-refractivity contribution >= 4 is 11.6 Å². The van der Waals surface area contributed by atoms with Gasteiger partial charge < -0.3 is 0 Å². The molecule has 0 saturated heterocycles. The lowest BCUT2D eigenvalue weighted by molar-refractivity contribution is 0.729. The lowest BCUT2D eigenvalue weighted by Crippen LogP contribution is -1.95. The van der Waals surface area contributed by atoms with Gasteiger partial charge in [0, 0.05) is 18.3 Å². The molecule has 1 rings (SSSR count). The Kier molecular flexibility index (Phi) is 2.78. The van der Waals surface area contributed by atoms with Crippen molar-refractivity contribution in [3.8, 4) is 0 Å². The van der Waals surface area contributed by atoms with E-state index < -0.39 is 0 Å². The predicted molar refractivity (Wildman–Crippen MR) is 51.6 cm³/mol. The normalized spacial score (nSPS) is 13.4. The number of hydrogen-bond donors (Lipinski definition) is 0. The highest BCUT2D eigenvalue weighted by atomic mass is 35.5. The van der Waals surface area contributed by atoms with Crippen LogP contribution in [-0.4, -0.2) is 9.78 Å². The van der Waals surface area contributed by atoms with Crippen molar-refractivity contribution in [3.05, 3.63) is 17.0 Å². The average molecular weight is 187 g/mol. The zero-order valence-electron chi connectivity index (χ0n) is 8.06. The van der Waals surface area contributed by atoms with Gasteiger partial charge in [0.25, 0.3) is 0 Å². The molecule has 0 aliphatic carbocycles. The first-order valence-corrected chi connectivity index (χ1v) is 4.65. The quantitative estimate of drug-likeness (QED) is 0.650. The van der Waals surface area contributed by atoms with Crippen molar-refractivity contribution in [2.75, 3.05) is 0 Å². The summed E-state index contributed by atoms with van der Waals surface area (Å²) >= 11 is 6.16.